The van der Waals surface area contributed by atoms with Crippen LogP contribution in [0.15, 0.2) is 23.1 Å². The van der Waals surface area contributed by atoms with Crippen molar-refractivity contribution in [2.75, 3.05) is 39.3 Å². The van der Waals surface area contributed by atoms with Gasteiger partial charge >= 0.3 is 0 Å². The lowest BCUT2D eigenvalue weighted by atomic mass is 10.1. The molecule has 3 rings (SSSR count). The number of aryl methyl sites for hydroxylation is 1. The molecule has 0 saturated carbocycles. The Hall–Kier alpha value is -1.44. The van der Waals surface area contributed by atoms with Gasteiger partial charge in [0.25, 0.3) is 5.91 Å². The highest BCUT2D eigenvalue weighted by Crippen LogP contribution is 2.22. The number of benzene rings is 1. The van der Waals surface area contributed by atoms with Gasteiger partial charge in [0.15, 0.2) is 0 Å². The van der Waals surface area contributed by atoms with Crippen molar-refractivity contribution in [1.82, 2.24) is 14.5 Å². The Bertz CT molecular complexity index is 778. The second-order valence-corrected chi connectivity index (χ2v) is 10.2. The van der Waals surface area contributed by atoms with Crippen molar-refractivity contribution in [3.63, 3.8) is 0 Å². The number of amides is 1. The maximum absolute atomic E-state index is 13.1. The summed E-state index contributed by atoms with van der Waals surface area (Å²) in [7, 11) is -3.55. The van der Waals surface area contributed by atoms with E-state index in [1.165, 1.54) is 25.7 Å². The van der Waals surface area contributed by atoms with E-state index in [4.69, 9.17) is 0 Å². The van der Waals surface area contributed by atoms with Crippen LogP contribution in [0.3, 0.4) is 0 Å². The van der Waals surface area contributed by atoms with E-state index in [0.717, 1.165) is 50.9 Å². The largest absolute Gasteiger partial charge is 0.351 e. The van der Waals surface area contributed by atoms with Crippen molar-refractivity contribution >= 4 is 15.9 Å². The van der Waals surface area contributed by atoms with E-state index in [-0.39, 0.29) is 10.8 Å². The smallest absolute Gasteiger partial charge is 0.251 e. The summed E-state index contributed by atoms with van der Waals surface area (Å²) in [4.78, 5) is 15.4. The Morgan fingerprint density at radius 1 is 0.931 bits per heavy atom. The summed E-state index contributed by atoms with van der Waals surface area (Å²) in [6, 6.07) is 4.93. The van der Waals surface area contributed by atoms with Crippen LogP contribution in [0, 0.1) is 6.92 Å². The van der Waals surface area contributed by atoms with Gasteiger partial charge in [-0.15, -0.1) is 0 Å². The average molecular weight is 422 g/mol. The molecule has 0 aromatic heterocycles. The maximum atomic E-state index is 13.1. The molecule has 0 atom stereocenters. The summed E-state index contributed by atoms with van der Waals surface area (Å²) in [6.07, 6.45) is 8.98. The van der Waals surface area contributed by atoms with Crippen molar-refractivity contribution in [3.05, 3.63) is 29.3 Å². The predicted octanol–water partition coefficient (Wildman–Crippen LogP) is 3.17. The molecule has 0 unspecified atom stereocenters. The van der Waals surface area contributed by atoms with E-state index in [2.05, 4.69) is 10.2 Å². The maximum Gasteiger partial charge on any atom is 0.251 e. The standard InChI is InChI=1S/C22H35N3O3S/c1-19-10-11-20(29(27,28)25-15-8-4-5-9-16-25)18-21(19)22(26)23-12-17-24-13-6-2-3-7-14-24/h10-11,18H,2-9,12-17H2,1H3,(H,23,26). The van der Waals surface area contributed by atoms with E-state index in [1.807, 2.05) is 6.92 Å². The Morgan fingerprint density at radius 3 is 2.14 bits per heavy atom. The van der Waals surface area contributed by atoms with Crippen LogP contribution >= 0.6 is 0 Å². The molecule has 162 valence electrons. The van der Waals surface area contributed by atoms with Crippen LogP contribution in [0.2, 0.25) is 0 Å². The van der Waals surface area contributed by atoms with Gasteiger partial charge in [-0.3, -0.25) is 4.79 Å². The topological polar surface area (TPSA) is 69.7 Å². The van der Waals surface area contributed by atoms with Crippen molar-refractivity contribution in [2.45, 2.75) is 63.2 Å². The lowest BCUT2D eigenvalue weighted by Gasteiger charge is -2.21. The Balaban J connectivity index is 1.65. The number of likely N-dealkylation sites (tertiary alicyclic amines) is 1. The van der Waals surface area contributed by atoms with E-state index in [0.29, 0.717) is 25.2 Å². The molecule has 0 spiro atoms. The zero-order valence-corrected chi connectivity index (χ0v) is 18.5. The lowest BCUT2D eigenvalue weighted by Crippen LogP contribution is -2.36. The predicted molar refractivity (Wildman–Crippen MR) is 116 cm³/mol. The number of hydrogen-bond donors (Lipinski definition) is 1. The molecule has 2 aliphatic heterocycles. The van der Waals surface area contributed by atoms with Crippen molar-refractivity contribution in [3.8, 4) is 0 Å². The second-order valence-electron chi connectivity index (χ2n) is 8.31. The normalized spacial score (nSPS) is 20.0. The highest BCUT2D eigenvalue weighted by atomic mass is 32.2. The van der Waals surface area contributed by atoms with Gasteiger partial charge < -0.3 is 10.2 Å². The summed E-state index contributed by atoms with van der Waals surface area (Å²) in [5, 5.41) is 2.99. The zero-order chi connectivity index (χ0) is 20.7. The third-order valence-electron chi connectivity index (χ3n) is 6.07. The van der Waals surface area contributed by atoms with E-state index >= 15 is 0 Å². The van der Waals surface area contributed by atoms with Crippen molar-refractivity contribution < 1.29 is 13.2 Å². The summed E-state index contributed by atoms with van der Waals surface area (Å²) in [5.74, 6) is -0.190. The first-order valence-corrected chi connectivity index (χ1v) is 12.5. The third-order valence-corrected chi connectivity index (χ3v) is 7.96. The fraction of sp³-hybridized carbons (Fsp3) is 0.682. The van der Waals surface area contributed by atoms with Gasteiger partial charge in [0.05, 0.1) is 4.90 Å². The molecule has 7 heteroatoms. The van der Waals surface area contributed by atoms with Gasteiger partial charge in [0, 0.05) is 31.7 Å². The summed E-state index contributed by atoms with van der Waals surface area (Å²) >= 11 is 0. The molecule has 0 bridgehead atoms. The molecular formula is C22H35N3O3S. The average Bonchev–Trinajstić information content (AvgIpc) is 3.13. The fourth-order valence-corrected chi connectivity index (χ4v) is 5.76. The minimum absolute atomic E-state index is 0.190. The minimum atomic E-state index is -3.55. The van der Waals surface area contributed by atoms with Gasteiger partial charge in [-0.05, 0) is 63.4 Å². The Labute approximate surface area is 175 Å². The molecule has 0 radical (unpaired) electrons. The number of carbonyl (C=O) groups is 1. The molecule has 0 aliphatic carbocycles. The van der Waals surface area contributed by atoms with Crippen LogP contribution in [0.4, 0.5) is 0 Å². The quantitative estimate of drug-likeness (QED) is 0.766. The number of hydrogen-bond acceptors (Lipinski definition) is 4. The first-order valence-electron chi connectivity index (χ1n) is 11.1. The number of carbonyl (C=O) groups excluding carboxylic acids is 1. The molecule has 29 heavy (non-hydrogen) atoms. The first kappa shape index (κ1) is 22.2. The first-order chi connectivity index (χ1) is 14.0. The van der Waals surface area contributed by atoms with Crippen molar-refractivity contribution in [1.29, 1.82) is 0 Å². The van der Waals surface area contributed by atoms with Crippen LogP contribution in [-0.2, 0) is 10.0 Å². The number of sulfonamides is 1. The number of nitrogens with one attached hydrogen (secondary N) is 1. The van der Waals surface area contributed by atoms with Gasteiger partial charge in [-0.25, -0.2) is 8.42 Å². The highest BCUT2D eigenvalue weighted by molar-refractivity contribution is 7.89. The highest BCUT2D eigenvalue weighted by Gasteiger charge is 2.26. The minimum Gasteiger partial charge on any atom is -0.351 e. The molecule has 2 fully saturated rings. The molecule has 1 N–H and O–H groups in total. The fourth-order valence-electron chi connectivity index (χ4n) is 4.22. The van der Waals surface area contributed by atoms with Gasteiger partial charge in [0.1, 0.15) is 0 Å². The molecule has 2 aliphatic rings. The Kier molecular flexibility index (Phi) is 8.09. The van der Waals surface area contributed by atoms with Gasteiger partial charge in [-0.1, -0.05) is 31.7 Å². The molecular weight excluding hydrogens is 386 g/mol. The van der Waals surface area contributed by atoms with Crippen LogP contribution in [-0.4, -0.2) is 62.8 Å². The van der Waals surface area contributed by atoms with Crippen LogP contribution < -0.4 is 5.32 Å². The van der Waals surface area contributed by atoms with Crippen LogP contribution in [0.5, 0.6) is 0 Å². The lowest BCUT2D eigenvalue weighted by molar-refractivity contribution is 0.0947. The summed E-state index contributed by atoms with van der Waals surface area (Å²) in [5.41, 5.74) is 1.25. The molecule has 1 aromatic carbocycles. The van der Waals surface area contributed by atoms with Crippen molar-refractivity contribution in [2.24, 2.45) is 0 Å². The molecule has 2 saturated heterocycles. The number of nitrogens with zero attached hydrogens (tertiary/aromatic N) is 2. The molecule has 2 heterocycles. The molecule has 1 aromatic rings. The van der Waals surface area contributed by atoms with Gasteiger partial charge in [0.2, 0.25) is 10.0 Å². The second kappa shape index (κ2) is 10.5. The SMILES string of the molecule is Cc1ccc(S(=O)(=O)N2CCCCCC2)cc1C(=O)NCCN1CCCCCC1. The van der Waals surface area contributed by atoms with Gasteiger partial charge in [-0.2, -0.15) is 4.31 Å². The zero-order valence-electron chi connectivity index (χ0n) is 17.7. The van der Waals surface area contributed by atoms with Crippen LogP contribution in [0.25, 0.3) is 0 Å². The van der Waals surface area contributed by atoms with Crippen LogP contribution in [0.1, 0.15) is 67.3 Å². The van der Waals surface area contributed by atoms with E-state index in [1.54, 1.807) is 22.5 Å². The third kappa shape index (κ3) is 6.03. The molecule has 6 nitrogen and oxygen atoms in total. The summed E-state index contributed by atoms with van der Waals surface area (Å²) < 4.78 is 27.7. The summed E-state index contributed by atoms with van der Waals surface area (Å²) in [6.45, 7) is 6.60. The Morgan fingerprint density at radius 2 is 1.52 bits per heavy atom. The van der Waals surface area contributed by atoms with E-state index < -0.39 is 10.0 Å². The number of rotatable bonds is 6. The van der Waals surface area contributed by atoms with E-state index in [9.17, 15) is 13.2 Å². The monoisotopic (exact) mass is 421 g/mol. The molecule has 1 amide bonds.